The zero-order chi connectivity index (χ0) is 14.8. The molecule has 0 radical (unpaired) electrons. The molecular weight excluding hydrogens is 262 g/mol. The van der Waals surface area contributed by atoms with Crippen LogP contribution in [0.25, 0.3) is 0 Å². The number of carbonyl (C=O) groups excluding carboxylic acids is 1. The Morgan fingerprint density at radius 1 is 1.60 bits per heavy atom. The summed E-state index contributed by atoms with van der Waals surface area (Å²) in [7, 11) is 0. The Morgan fingerprint density at radius 2 is 2.35 bits per heavy atom. The average Bonchev–Trinajstić information content (AvgIpc) is 2.86. The molecule has 110 valence electrons. The summed E-state index contributed by atoms with van der Waals surface area (Å²) in [5.41, 5.74) is -0.437. The van der Waals surface area contributed by atoms with Crippen molar-refractivity contribution in [2.75, 3.05) is 6.54 Å². The van der Waals surface area contributed by atoms with E-state index in [1.165, 1.54) is 11.2 Å². The minimum Gasteiger partial charge on any atom is -0.480 e. The average molecular weight is 281 g/mol. The van der Waals surface area contributed by atoms with Gasteiger partial charge in [0, 0.05) is 6.54 Å². The van der Waals surface area contributed by atoms with Crippen LogP contribution in [0, 0.1) is 5.41 Å². The summed E-state index contributed by atoms with van der Waals surface area (Å²) in [5, 5.41) is 18.4. The van der Waals surface area contributed by atoms with Crippen LogP contribution < -0.4 is 5.32 Å². The molecule has 8 heteroatoms. The number of rotatable bonds is 3. The lowest BCUT2D eigenvalue weighted by atomic mass is 9.76. The number of aromatic nitrogens is 3. The molecule has 1 saturated heterocycles. The van der Waals surface area contributed by atoms with Gasteiger partial charge in [-0.3, -0.25) is 5.10 Å². The van der Waals surface area contributed by atoms with Crippen LogP contribution >= 0.6 is 0 Å². The molecule has 0 bridgehead atoms. The molecule has 8 nitrogen and oxygen atoms in total. The smallest absolute Gasteiger partial charge is 0.327 e. The standard InChI is InChI=1S/C12H19N5O3/c1-12(2)4-3-5-17(9(12)10(18)19)11(20)13-6-8-14-7-15-16-8/h7,9H,3-6H2,1-2H3,(H,13,20)(H,18,19)(H,14,15,16). The maximum atomic E-state index is 12.2. The number of H-pyrrole nitrogens is 1. The SMILES string of the molecule is CC1(C)CCCN(C(=O)NCc2ncn[nH]2)C1C(=O)O. The molecule has 1 aromatic rings. The first-order valence-electron chi connectivity index (χ1n) is 6.53. The molecule has 1 atom stereocenters. The predicted octanol–water partition coefficient (Wildman–Crippen LogP) is 0.589. The molecule has 1 aliphatic rings. The van der Waals surface area contributed by atoms with Crippen molar-refractivity contribution in [1.82, 2.24) is 25.4 Å². The van der Waals surface area contributed by atoms with Crippen molar-refractivity contribution in [2.24, 2.45) is 5.41 Å². The molecule has 2 rings (SSSR count). The fraction of sp³-hybridized carbons (Fsp3) is 0.667. The maximum Gasteiger partial charge on any atom is 0.327 e. The van der Waals surface area contributed by atoms with Crippen molar-refractivity contribution < 1.29 is 14.7 Å². The Balaban J connectivity index is 2.04. The number of piperidine rings is 1. The van der Waals surface area contributed by atoms with Gasteiger partial charge in [-0.05, 0) is 18.3 Å². The number of amides is 2. The van der Waals surface area contributed by atoms with Crippen LogP contribution in [0.5, 0.6) is 0 Å². The monoisotopic (exact) mass is 281 g/mol. The van der Waals surface area contributed by atoms with Gasteiger partial charge in [0.2, 0.25) is 0 Å². The number of nitrogens with one attached hydrogen (secondary N) is 2. The molecule has 0 spiro atoms. The highest BCUT2D eigenvalue weighted by atomic mass is 16.4. The Bertz CT molecular complexity index is 485. The summed E-state index contributed by atoms with van der Waals surface area (Å²) in [6.07, 6.45) is 2.94. The number of carboxylic acid groups (broad SMARTS) is 1. The third-order valence-corrected chi connectivity index (χ3v) is 3.64. The number of carbonyl (C=O) groups is 2. The van der Waals surface area contributed by atoms with E-state index in [0.29, 0.717) is 12.4 Å². The Labute approximate surface area is 116 Å². The van der Waals surface area contributed by atoms with Gasteiger partial charge in [0.1, 0.15) is 18.2 Å². The quantitative estimate of drug-likeness (QED) is 0.750. The van der Waals surface area contributed by atoms with Crippen molar-refractivity contribution >= 4 is 12.0 Å². The van der Waals surface area contributed by atoms with Gasteiger partial charge >= 0.3 is 12.0 Å². The van der Waals surface area contributed by atoms with Crippen molar-refractivity contribution in [3.05, 3.63) is 12.2 Å². The number of hydrogen-bond donors (Lipinski definition) is 3. The van der Waals surface area contributed by atoms with Crippen LogP contribution in [0.4, 0.5) is 4.79 Å². The minimum absolute atomic E-state index is 0.197. The highest BCUT2D eigenvalue weighted by Gasteiger charge is 2.44. The van der Waals surface area contributed by atoms with Crippen LogP contribution in [-0.2, 0) is 11.3 Å². The Morgan fingerprint density at radius 3 is 2.95 bits per heavy atom. The van der Waals surface area contributed by atoms with Gasteiger partial charge in [-0.25, -0.2) is 14.6 Å². The van der Waals surface area contributed by atoms with Crippen LogP contribution in [-0.4, -0.2) is 49.8 Å². The zero-order valence-corrected chi connectivity index (χ0v) is 11.6. The number of carboxylic acids is 1. The normalized spacial score (nSPS) is 21.5. The van der Waals surface area contributed by atoms with Gasteiger partial charge in [-0.1, -0.05) is 13.8 Å². The zero-order valence-electron chi connectivity index (χ0n) is 11.6. The molecule has 20 heavy (non-hydrogen) atoms. The minimum atomic E-state index is -0.968. The van der Waals surface area contributed by atoms with Gasteiger partial charge < -0.3 is 15.3 Å². The molecule has 1 aliphatic heterocycles. The molecule has 2 heterocycles. The summed E-state index contributed by atoms with van der Waals surface area (Å²) in [4.78, 5) is 28.9. The fourth-order valence-electron chi connectivity index (χ4n) is 2.66. The summed E-state index contributed by atoms with van der Waals surface area (Å²) in [6.45, 7) is 4.40. The van der Waals surface area contributed by atoms with E-state index in [9.17, 15) is 14.7 Å². The van der Waals surface area contributed by atoms with Crippen LogP contribution in [0.15, 0.2) is 6.33 Å². The van der Waals surface area contributed by atoms with Gasteiger partial charge in [0.25, 0.3) is 0 Å². The molecule has 1 fully saturated rings. The van der Waals surface area contributed by atoms with Gasteiger partial charge in [-0.2, -0.15) is 5.10 Å². The lowest BCUT2D eigenvalue weighted by molar-refractivity contribution is -0.148. The van der Waals surface area contributed by atoms with E-state index in [0.717, 1.165) is 12.8 Å². The molecule has 1 unspecified atom stereocenters. The van der Waals surface area contributed by atoms with E-state index in [2.05, 4.69) is 20.5 Å². The largest absolute Gasteiger partial charge is 0.480 e. The van der Waals surface area contributed by atoms with Crippen molar-refractivity contribution in [3.8, 4) is 0 Å². The first-order valence-corrected chi connectivity index (χ1v) is 6.53. The number of aromatic amines is 1. The van der Waals surface area contributed by atoms with Crippen LogP contribution in [0.2, 0.25) is 0 Å². The van der Waals surface area contributed by atoms with Crippen LogP contribution in [0.1, 0.15) is 32.5 Å². The highest BCUT2D eigenvalue weighted by molar-refractivity contribution is 5.83. The van der Waals surface area contributed by atoms with E-state index >= 15 is 0 Å². The molecule has 3 N–H and O–H groups in total. The van der Waals surface area contributed by atoms with E-state index in [-0.39, 0.29) is 12.6 Å². The second kappa shape index (κ2) is 5.48. The molecule has 0 aromatic carbocycles. The van der Waals surface area contributed by atoms with E-state index in [1.54, 1.807) is 0 Å². The van der Waals surface area contributed by atoms with Gasteiger partial charge in [0.15, 0.2) is 0 Å². The lowest BCUT2D eigenvalue weighted by Crippen LogP contribution is -2.58. The number of urea groups is 1. The fourth-order valence-corrected chi connectivity index (χ4v) is 2.66. The van der Waals surface area contributed by atoms with Gasteiger partial charge in [-0.15, -0.1) is 0 Å². The molecule has 0 aliphatic carbocycles. The van der Waals surface area contributed by atoms with E-state index < -0.39 is 17.4 Å². The van der Waals surface area contributed by atoms with Crippen molar-refractivity contribution in [2.45, 2.75) is 39.3 Å². The van der Waals surface area contributed by atoms with Crippen LogP contribution in [0.3, 0.4) is 0 Å². The highest BCUT2D eigenvalue weighted by Crippen LogP contribution is 2.35. The number of nitrogens with zero attached hydrogens (tertiary/aromatic N) is 3. The Hall–Kier alpha value is -2.12. The van der Waals surface area contributed by atoms with Crippen molar-refractivity contribution in [3.63, 3.8) is 0 Å². The topological polar surface area (TPSA) is 111 Å². The number of aliphatic carboxylic acids is 1. The van der Waals surface area contributed by atoms with E-state index in [4.69, 9.17) is 0 Å². The summed E-state index contributed by atoms with van der Waals surface area (Å²) in [5.74, 6) is -0.439. The van der Waals surface area contributed by atoms with Crippen molar-refractivity contribution in [1.29, 1.82) is 0 Å². The van der Waals surface area contributed by atoms with Gasteiger partial charge in [0.05, 0.1) is 6.54 Å². The number of hydrogen-bond acceptors (Lipinski definition) is 4. The molecular formula is C12H19N5O3. The Kier molecular flexibility index (Phi) is 3.91. The molecule has 2 amide bonds. The second-order valence-corrected chi connectivity index (χ2v) is 5.62. The maximum absolute atomic E-state index is 12.2. The third kappa shape index (κ3) is 2.89. The summed E-state index contributed by atoms with van der Waals surface area (Å²) in [6, 6.07) is -1.20. The predicted molar refractivity (Wildman–Crippen MR) is 69.8 cm³/mol. The molecule has 0 saturated carbocycles. The third-order valence-electron chi connectivity index (χ3n) is 3.64. The first-order chi connectivity index (χ1) is 9.42. The second-order valence-electron chi connectivity index (χ2n) is 5.62. The van der Waals surface area contributed by atoms with E-state index in [1.807, 2.05) is 13.8 Å². The number of likely N-dealkylation sites (tertiary alicyclic amines) is 1. The summed E-state index contributed by atoms with van der Waals surface area (Å²) < 4.78 is 0. The lowest BCUT2D eigenvalue weighted by Gasteiger charge is -2.43. The molecule has 1 aromatic heterocycles. The first kappa shape index (κ1) is 14.3. The summed E-state index contributed by atoms with van der Waals surface area (Å²) >= 11 is 0.